The Morgan fingerprint density at radius 3 is 1.38 bits per heavy atom. The lowest BCUT2D eigenvalue weighted by atomic mass is 10.1. The maximum absolute atomic E-state index is 11.9. The standard InChI is InChI=1S/2C9H7ClF2O4.C6H15NO3/c2*10-5-1-4(7(13)8(14)15)2-6(3-5)16-9(11)12;8-4-1-7(2-5-9)3-6-10/h2*1-3,7,9,13H,(H,14,15);8-10H,1-6H2/t2*7-;/m11./s1. The van der Waals surface area contributed by atoms with E-state index in [0.717, 1.165) is 41.3 Å². The number of alkyl halides is 4. The van der Waals surface area contributed by atoms with E-state index in [1.54, 1.807) is 0 Å². The summed E-state index contributed by atoms with van der Waals surface area (Å²) in [5.74, 6) is -3.91. The van der Waals surface area contributed by atoms with E-state index in [2.05, 4.69) is 9.47 Å². The lowest BCUT2D eigenvalue weighted by Crippen LogP contribution is -3.13. The largest absolute Gasteiger partial charge is 0.547 e. The third-order valence-electron chi connectivity index (χ3n) is 4.72. The van der Waals surface area contributed by atoms with Crippen molar-refractivity contribution in [2.75, 3.05) is 39.5 Å². The lowest BCUT2D eigenvalue weighted by Gasteiger charge is -2.15. The van der Waals surface area contributed by atoms with Crippen LogP contribution in [0.5, 0.6) is 11.5 Å². The summed E-state index contributed by atoms with van der Waals surface area (Å²) in [6, 6.07) is 6.35. The molecule has 0 fully saturated rings. The normalized spacial score (nSPS) is 12.1. The zero-order valence-electron chi connectivity index (χ0n) is 21.5. The zero-order valence-corrected chi connectivity index (χ0v) is 23.0. The summed E-state index contributed by atoms with van der Waals surface area (Å²) >= 11 is 11.1. The van der Waals surface area contributed by atoms with Crippen molar-refractivity contribution >= 4 is 35.1 Å². The molecule has 12 nitrogen and oxygen atoms in total. The molecular formula is C24H29Cl2F4NO11. The second kappa shape index (κ2) is 20.8. The monoisotopic (exact) mass is 653 g/mol. The van der Waals surface area contributed by atoms with E-state index in [-0.39, 0.29) is 52.5 Å². The van der Waals surface area contributed by atoms with Gasteiger partial charge < -0.3 is 54.9 Å². The number of rotatable bonds is 14. The summed E-state index contributed by atoms with van der Waals surface area (Å²) in [4.78, 5) is 21.8. The molecule has 0 bridgehead atoms. The topological polar surface area (TPSA) is 201 Å². The predicted molar refractivity (Wildman–Crippen MR) is 136 cm³/mol. The van der Waals surface area contributed by atoms with Crippen molar-refractivity contribution in [3.63, 3.8) is 0 Å². The van der Waals surface area contributed by atoms with Gasteiger partial charge in [0.15, 0.2) is 6.10 Å². The summed E-state index contributed by atoms with van der Waals surface area (Å²) in [5.41, 5.74) is -0.321. The number of aliphatic carboxylic acids is 2. The zero-order chi connectivity index (χ0) is 32.4. The molecule has 0 amide bonds. The SMILES string of the molecule is O=C(O)[C@H](O)c1cc(Cl)cc(OC(F)F)c1.O=C([O-])[C@H](O)c1cc(Cl)cc(OC(F)F)c1.OCC[NH+](CCO)CCO. The van der Waals surface area contributed by atoms with Gasteiger partial charge in [0.05, 0.1) is 25.8 Å². The minimum atomic E-state index is -3.06. The first-order valence-electron chi connectivity index (χ1n) is 11.6. The number of hydrogen-bond donors (Lipinski definition) is 7. The van der Waals surface area contributed by atoms with Gasteiger partial charge in [-0.1, -0.05) is 23.2 Å². The maximum Gasteiger partial charge on any atom is 0.387 e. The molecule has 0 saturated carbocycles. The van der Waals surface area contributed by atoms with Gasteiger partial charge >= 0.3 is 19.2 Å². The number of aliphatic hydroxyl groups is 5. The molecule has 0 saturated heterocycles. The minimum Gasteiger partial charge on any atom is -0.547 e. The Labute approximate surface area is 246 Å². The van der Waals surface area contributed by atoms with Crippen molar-refractivity contribution in [3.05, 3.63) is 57.6 Å². The van der Waals surface area contributed by atoms with E-state index < -0.39 is 37.4 Å². The fraction of sp³-hybridized carbons (Fsp3) is 0.417. The van der Waals surface area contributed by atoms with Gasteiger partial charge in [-0.2, -0.15) is 17.6 Å². The molecule has 238 valence electrons. The van der Waals surface area contributed by atoms with Gasteiger partial charge in [0.1, 0.15) is 37.2 Å². The number of carbonyl (C=O) groups is 2. The van der Waals surface area contributed by atoms with Crippen molar-refractivity contribution < 1.29 is 77.3 Å². The first-order chi connectivity index (χ1) is 19.6. The predicted octanol–water partition coefficient (Wildman–Crippen LogP) is -0.368. The molecule has 0 aliphatic rings. The van der Waals surface area contributed by atoms with Crippen LogP contribution in [0.1, 0.15) is 23.3 Å². The Morgan fingerprint density at radius 1 is 0.738 bits per heavy atom. The number of quaternary nitrogens is 1. The van der Waals surface area contributed by atoms with Crippen LogP contribution in [0.4, 0.5) is 17.6 Å². The highest BCUT2D eigenvalue weighted by molar-refractivity contribution is 6.31. The summed E-state index contributed by atoms with van der Waals surface area (Å²) in [7, 11) is 0. The molecule has 0 heterocycles. The highest BCUT2D eigenvalue weighted by Gasteiger charge is 2.18. The summed E-state index contributed by atoms with van der Waals surface area (Å²) in [6.07, 6.45) is -3.78. The molecule has 0 radical (unpaired) electrons. The number of ether oxygens (including phenoxy) is 2. The van der Waals surface area contributed by atoms with Crippen LogP contribution in [0.3, 0.4) is 0 Å². The van der Waals surface area contributed by atoms with Crippen molar-refractivity contribution in [2.45, 2.75) is 25.4 Å². The van der Waals surface area contributed by atoms with E-state index in [9.17, 15) is 37.4 Å². The van der Waals surface area contributed by atoms with Gasteiger partial charge in [-0.25, -0.2) is 4.79 Å². The molecule has 2 rings (SSSR count). The molecule has 0 unspecified atom stereocenters. The van der Waals surface area contributed by atoms with E-state index in [0.29, 0.717) is 19.6 Å². The molecule has 42 heavy (non-hydrogen) atoms. The van der Waals surface area contributed by atoms with Gasteiger partial charge in [-0.05, 0) is 47.5 Å². The Hall–Kier alpha value is -2.96. The molecule has 0 aliphatic carbocycles. The first-order valence-corrected chi connectivity index (χ1v) is 12.4. The van der Waals surface area contributed by atoms with E-state index in [1.807, 2.05) is 0 Å². The number of carboxylic acid groups (broad SMARTS) is 2. The van der Waals surface area contributed by atoms with Crippen molar-refractivity contribution in [2.24, 2.45) is 0 Å². The number of carboxylic acids is 2. The maximum atomic E-state index is 11.9. The summed E-state index contributed by atoms with van der Waals surface area (Å²) in [6.45, 7) is -4.00. The molecular weight excluding hydrogens is 625 g/mol. The van der Waals surface area contributed by atoms with Gasteiger partial charge in [0, 0.05) is 10.0 Å². The smallest absolute Gasteiger partial charge is 0.387 e. The molecule has 18 heteroatoms. The van der Waals surface area contributed by atoms with Crippen LogP contribution < -0.4 is 19.5 Å². The van der Waals surface area contributed by atoms with Crippen LogP contribution in [0, 0.1) is 0 Å². The van der Waals surface area contributed by atoms with Crippen LogP contribution in [0.15, 0.2) is 36.4 Å². The quantitative estimate of drug-likeness (QED) is 0.131. The summed E-state index contributed by atoms with van der Waals surface area (Å²) in [5, 5.41) is 62.6. The van der Waals surface area contributed by atoms with Crippen LogP contribution in [0.2, 0.25) is 10.0 Å². The number of hydrogen-bond acceptors (Lipinski definition) is 10. The number of aliphatic hydroxyl groups excluding tert-OH is 5. The van der Waals surface area contributed by atoms with E-state index in [4.69, 9.17) is 48.7 Å². The number of nitrogens with one attached hydrogen (secondary N) is 1. The number of halogens is 6. The Balaban J connectivity index is 0.000000620. The minimum absolute atomic E-state index is 0.00606. The Bertz CT molecular complexity index is 1010. The fourth-order valence-electron chi connectivity index (χ4n) is 2.95. The third-order valence-corrected chi connectivity index (χ3v) is 5.16. The molecule has 7 N–H and O–H groups in total. The Morgan fingerprint density at radius 2 is 1.10 bits per heavy atom. The fourth-order valence-corrected chi connectivity index (χ4v) is 3.42. The van der Waals surface area contributed by atoms with Gasteiger partial charge in [0.2, 0.25) is 0 Å². The van der Waals surface area contributed by atoms with Crippen LogP contribution in [-0.2, 0) is 9.59 Å². The Kier molecular flexibility index (Phi) is 19.4. The molecule has 0 spiro atoms. The first kappa shape index (κ1) is 39.0. The third kappa shape index (κ3) is 16.5. The highest BCUT2D eigenvalue weighted by Crippen LogP contribution is 2.27. The lowest BCUT2D eigenvalue weighted by molar-refractivity contribution is -0.901. The van der Waals surface area contributed by atoms with Crippen molar-refractivity contribution in [3.8, 4) is 11.5 Å². The summed E-state index contributed by atoms with van der Waals surface area (Å²) < 4.78 is 55.6. The molecule has 2 aromatic carbocycles. The molecule has 0 aromatic heterocycles. The second-order valence-electron chi connectivity index (χ2n) is 7.83. The average Bonchev–Trinajstić information content (AvgIpc) is 2.87. The van der Waals surface area contributed by atoms with Gasteiger partial charge in [-0.3, -0.25) is 0 Å². The van der Waals surface area contributed by atoms with E-state index in [1.165, 1.54) is 0 Å². The van der Waals surface area contributed by atoms with Crippen LogP contribution >= 0.6 is 23.2 Å². The number of carbonyl (C=O) groups excluding carboxylic acids is 1. The van der Waals surface area contributed by atoms with Crippen molar-refractivity contribution in [1.82, 2.24) is 0 Å². The molecule has 2 aromatic rings. The van der Waals surface area contributed by atoms with Crippen LogP contribution in [0.25, 0.3) is 0 Å². The molecule has 0 aliphatic heterocycles. The second-order valence-corrected chi connectivity index (χ2v) is 8.70. The number of benzene rings is 2. The van der Waals surface area contributed by atoms with Gasteiger partial charge in [0.25, 0.3) is 0 Å². The molecule has 2 atom stereocenters. The highest BCUT2D eigenvalue weighted by atomic mass is 35.5. The van der Waals surface area contributed by atoms with Gasteiger partial charge in [-0.15, -0.1) is 0 Å². The average molecular weight is 654 g/mol. The van der Waals surface area contributed by atoms with E-state index >= 15 is 0 Å². The van der Waals surface area contributed by atoms with Crippen molar-refractivity contribution in [1.29, 1.82) is 0 Å². The van der Waals surface area contributed by atoms with Crippen LogP contribution in [-0.4, -0.2) is 95.3 Å².